The van der Waals surface area contributed by atoms with Crippen molar-refractivity contribution in [2.24, 2.45) is 5.73 Å². The minimum absolute atomic E-state index is 0.308. The molecule has 0 amide bonds. The average Bonchev–Trinajstić information content (AvgIpc) is 2.46. The quantitative estimate of drug-likeness (QED) is 0.854. The Kier molecular flexibility index (Phi) is 4.63. The molecule has 0 aliphatic carbocycles. The summed E-state index contributed by atoms with van der Waals surface area (Å²) in [5.74, 6) is 0. The number of rotatable bonds is 4. The summed E-state index contributed by atoms with van der Waals surface area (Å²) in [6.45, 7) is 2.14. The molecule has 2 aromatic carbocycles. The number of anilines is 2. The summed E-state index contributed by atoms with van der Waals surface area (Å²) in [7, 11) is 1.98. The minimum atomic E-state index is 0.308. The van der Waals surface area contributed by atoms with Crippen molar-refractivity contribution < 1.29 is 0 Å². The number of halogens is 1. The Bertz CT molecular complexity index is 623. The van der Waals surface area contributed by atoms with Crippen LogP contribution >= 0.6 is 23.8 Å². The molecule has 0 aliphatic rings. The number of hydrogen-bond donors (Lipinski definition) is 1. The van der Waals surface area contributed by atoms with Crippen LogP contribution < -0.4 is 10.6 Å². The van der Waals surface area contributed by atoms with Crippen LogP contribution in [0.3, 0.4) is 0 Å². The molecule has 0 atom stereocenters. The molecule has 0 aliphatic heterocycles. The molecule has 0 fully saturated rings. The largest absolute Gasteiger partial charge is 0.389 e. The van der Waals surface area contributed by atoms with Crippen LogP contribution in [0, 0.1) is 0 Å². The lowest BCUT2D eigenvalue weighted by atomic mass is 10.1. The zero-order valence-corrected chi connectivity index (χ0v) is 13.1. The van der Waals surface area contributed by atoms with E-state index in [1.807, 2.05) is 24.1 Å². The molecule has 2 rings (SSSR count). The Morgan fingerprint density at radius 2 is 1.85 bits per heavy atom. The van der Waals surface area contributed by atoms with Crippen molar-refractivity contribution in [3.63, 3.8) is 0 Å². The molecule has 0 saturated carbocycles. The van der Waals surface area contributed by atoms with Crippen LogP contribution in [0.1, 0.15) is 18.1 Å². The van der Waals surface area contributed by atoms with Gasteiger partial charge in [0, 0.05) is 12.7 Å². The number of benzene rings is 2. The smallest absolute Gasteiger partial charge is 0.107 e. The Morgan fingerprint density at radius 1 is 1.20 bits per heavy atom. The normalized spacial score (nSPS) is 10.3. The van der Waals surface area contributed by atoms with E-state index < -0.39 is 0 Å². The summed E-state index contributed by atoms with van der Waals surface area (Å²) in [4.78, 5) is 2.35. The summed E-state index contributed by atoms with van der Waals surface area (Å²) < 4.78 is 0. The number of aryl methyl sites for hydroxylation is 1. The third-order valence-electron chi connectivity index (χ3n) is 3.33. The van der Waals surface area contributed by atoms with Crippen molar-refractivity contribution in [3.8, 4) is 0 Å². The van der Waals surface area contributed by atoms with Crippen molar-refractivity contribution in [2.45, 2.75) is 13.3 Å². The van der Waals surface area contributed by atoms with Gasteiger partial charge in [0.2, 0.25) is 0 Å². The highest BCUT2D eigenvalue weighted by atomic mass is 35.5. The summed E-state index contributed by atoms with van der Waals surface area (Å²) in [6.07, 6.45) is 1.03. The molecule has 4 heteroatoms. The molecular formula is C16H17ClN2S. The van der Waals surface area contributed by atoms with Gasteiger partial charge in [-0.05, 0) is 36.2 Å². The zero-order chi connectivity index (χ0) is 14.7. The molecule has 0 spiro atoms. The molecule has 2 nitrogen and oxygen atoms in total. The third kappa shape index (κ3) is 2.94. The topological polar surface area (TPSA) is 29.3 Å². The molecule has 2 aromatic rings. The monoisotopic (exact) mass is 304 g/mol. The fraction of sp³-hybridized carbons (Fsp3) is 0.188. The van der Waals surface area contributed by atoms with E-state index in [4.69, 9.17) is 29.6 Å². The lowest BCUT2D eigenvalue weighted by Crippen LogP contribution is -2.18. The molecule has 0 bridgehead atoms. The van der Waals surface area contributed by atoms with E-state index in [1.54, 1.807) is 6.07 Å². The first-order valence-electron chi connectivity index (χ1n) is 6.45. The first-order valence-corrected chi connectivity index (χ1v) is 7.24. The highest BCUT2D eigenvalue weighted by Gasteiger charge is 2.14. The number of hydrogen-bond acceptors (Lipinski definition) is 2. The molecule has 20 heavy (non-hydrogen) atoms. The van der Waals surface area contributed by atoms with Gasteiger partial charge in [0.05, 0.1) is 16.3 Å². The molecule has 104 valence electrons. The van der Waals surface area contributed by atoms with E-state index in [0.717, 1.165) is 17.8 Å². The lowest BCUT2D eigenvalue weighted by molar-refractivity contribution is 1.13. The molecule has 0 unspecified atom stereocenters. The van der Waals surface area contributed by atoms with Gasteiger partial charge in [0.1, 0.15) is 4.99 Å². The predicted molar refractivity (Wildman–Crippen MR) is 91.2 cm³/mol. The first kappa shape index (κ1) is 14.8. The van der Waals surface area contributed by atoms with Gasteiger partial charge in [-0.15, -0.1) is 0 Å². The molecular weight excluding hydrogens is 288 g/mol. The van der Waals surface area contributed by atoms with Crippen LogP contribution in [0.5, 0.6) is 0 Å². The zero-order valence-electron chi connectivity index (χ0n) is 11.6. The molecule has 0 aromatic heterocycles. The lowest BCUT2D eigenvalue weighted by Gasteiger charge is -2.23. The van der Waals surface area contributed by atoms with Gasteiger partial charge in [-0.25, -0.2) is 0 Å². The Balaban J connectivity index is 2.44. The number of nitrogens with two attached hydrogens (primary N) is 1. The van der Waals surface area contributed by atoms with Crippen molar-refractivity contribution >= 4 is 40.2 Å². The molecule has 2 N–H and O–H groups in total. The van der Waals surface area contributed by atoms with E-state index in [9.17, 15) is 0 Å². The average molecular weight is 305 g/mol. The maximum absolute atomic E-state index is 6.21. The maximum Gasteiger partial charge on any atom is 0.107 e. The fourth-order valence-electron chi connectivity index (χ4n) is 2.13. The van der Waals surface area contributed by atoms with E-state index in [1.165, 1.54) is 5.56 Å². The highest BCUT2D eigenvalue weighted by Crippen LogP contribution is 2.31. The van der Waals surface area contributed by atoms with Crippen LogP contribution in [0.4, 0.5) is 11.4 Å². The van der Waals surface area contributed by atoms with Crippen LogP contribution in [-0.4, -0.2) is 12.0 Å². The van der Waals surface area contributed by atoms with Crippen molar-refractivity contribution in [1.29, 1.82) is 0 Å². The van der Waals surface area contributed by atoms with Crippen molar-refractivity contribution in [1.82, 2.24) is 0 Å². The summed E-state index contributed by atoms with van der Waals surface area (Å²) in [5.41, 5.74) is 9.80. The van der Waals surface area contributed by atoms with Crippen LogP contribution in [0.15, 0.2) is 42.5 Å². The third-order valence-corrected chi connectivity index (χ3v) is 3.85. The van der Waals surface area contributed by atoms with E-state index >= 15 is 0 Å². The van der Waals surface area contributed by atoms with Gasteiger partial charge < -0.3 is 10.6 Å². The molecule has 0 heterocycles. The summed E-state index contributed by atoms with van der Waals surface area (Å²) >= 11 is 11.3. The van der Waals surface area contributed by atoms with E-state index in [0.29, 0.717) is 15.6 Å². The Morgan fingerprint density at radius 3 is 2.40 bits per heavy atom. The van der Waals surface area contributed by atoms with Gasteiger partial charge in [-0.3, -0.25) is 0 Å². The maximum atomic E-state index is 6.21. The summed E-state index contributed by atoms with van der Waals surface area (Å²) in [6, 6.07) is 14.1. The van der Waals surface area contributed by atoms with E-state index in [2.05, 4.69) is 31.2 Å². The fourth-order valence-corrected chi connectivity index (χ4v) is 2.67. The second-order valence-corrected chi connectivity index (χ2v) is 5.42. The van der Waals surface area contributed by atoms with Crippen molar-refractivity contribution in [2.75, 3.05) is 11.9 Å². The van der Waals surface area contributed by atoms with Crippen LogP contribution in [-0.2, 0) is 6.42 Å². The second kappa shape index (κ2) is 6.25. The Hall–Kier alpha value is -1.58. The number of thiocarbonyl (C=S) groups is 1. The van der Waals surface area contributed by atoms with Crippen LogP contribution in [0.25, 0.3) is 0 Å². The van der Waals surface area contributed by atoms with E-state index in [-0.39, 0.29) is 0 Å². The molecule has 0 radical (unpaired) electrons. The predicted octanol–water partition coefficient (Wildman–Crippen LogP) is 4.30. The van der Waals surface area contributed by atoms with Gasteiger partial charge >= 0.3 is 0 Å². The summed E-state index contributed by atoms with van der Waals surface area (Å²) in [5, 5.41) is 0.576. The number of nitrogens with zero attached hydrogens (tertiary/aromatic N) is 1. The molecule has 0 saturated heterocycles. The van der Waals surface area contributed by atoms with Gasteiger partial charge in [-0.2, -0.15) is 0 Å². The SMILES string of the molecule is CCc1ccc(N(C)c2cccc(Cl)c2C(N)=S)cc1. The van der Waals surface area contributed by atoms with Gasteiger partial charge in [-0.1, -0.05) is 48.9 Å². The van der Waals surface area contributed by atoms with Gasteiger partial charge in [0.15, 0.2) is 0 Å². The standard InChI is InChI=1S/C16H17ClN2S/c1-3-11-7-9-12(10-8-11)19(2)14-6-4-5-13(17)15(14)16(18)20/h4-10H,3H2,1-2H3,(H2,18,20). The second-order valence-electron chi connectivity index (χ2n) is 4.58. The first-order chi connectivity index (χ1) is 9.54. The minimum Gasteiger partial charge on any atom is -0.389 e. The van der Waals surface area contributed by atoms with Crippen molar-refractivity contribution in [3.05, 3.63) is 58.6 Å². The van der Waals surface area contributed by atoms with Crippen LogP contribution in [0.2, 0.25) is 5.02 Å². The highest BCUT2D eigenvalue weighted by molar-refractivity contribution is 7.80. The Labute approximate surface area is 130 Å². The van der Waals surface area contributed by atoms with Gasteiger partial charge in [0.25, 0.3) is 0 Å².